The summed E-state index contributed by atoms with van der Waals surface area (Å²) in [5, 5.41) is 16.6. The summed E-state index contributed by atoms with van der Waals surface area (Å²) in [4.78, 5) is 29.1. The number of amides is 2. The van der Waals surface area contributed by atoms with E-state index in [-0.39, 0.29) is 17.2 Å². The van der Waals surface area contributed by atoms with Gasteiger partial charge in [0.25, 0.3) is 5.91 Å². The lowest BCUT2D eigenvalue weighted by atomic mass is 9.83. The molecule has 0 bridgehead atoms. The van der Waals surface area contributed by atoms with Crippen LogP contribution < -0.4 is 10.6 Å². The van der Waals surface area contributed by atoms with Gasteiger partial charge in [-0.1, -0.05) is 30.3 Å². The normalized spacial score (nSPS) is 19.5. The van der Waals surface area contributed by atoms with Crippen LogP contribution in [0.2, 0.25) is 0 Å². The Morgan fingerprint density at radius 1 is 0.921 bits per heavy atom. The molecule has 0 aromatic heterocycles. The summed E-state index contributed by atoms with van der Waals surface area (Å²) < 4.78 is 14.9. The van der Waals surface area contributed by atoms with E-state index < -0.39 is 23.7 Å². The summed E-state index contributed by atoms with van der Waals surface area (Å²) >= 11 is 0. The number of anilines is 2. The van der Waals surface area contributed by atoms with E-state index >= 15 is 0 Å². The molecule has 1 aliphatic heterocycles. The molecule has 1 heterocycles. The predicted molar refractivity (Wildman–Crippen MR) is 147 cm³/mol. The third kappa shape index (κ3) is 5.23. The van der Waals surface area contributed by atoms with Gasteiger partial charge in [-0.2, -0.15) is 0 Å². The molecular formula is C31H34FN3O3. The molecule has 3 aromatic carbocycles. The fraction of sp³-hybridized carbons (Fsp3) is 0.355. The highest BCUT2D eigenvalue weighted by molar-refractivity contribution is 5.98. The first-order valence-electron chi connectivity index (χ1n) is 13.3. The average Bonchev–Trinajstić information content (AvgIpc) is 2.88. The molecule has 0 spiro atoms. The Hall–Kier alpha value is -3.87. The number of halogens is 1. The van der Waals surface area contributed by atoms with Crippen LogP contribution in [0.3, 0.4) is 0 Å². The van der Waals surface area contributed by atoms with Gasteiger partial charge in [0.2, 0.25) is 5.91 Å². The maximum absolute atomic E-state index is 14.9. The number of aryl methyl sites for hydroxylation is 2. The summed E-state index contributed by atoms with van der Waals surface area (Å²) in [6.45, 7) is 3.94. The van der Waals surface area contributed by atoms with Crippen molar-refractivity contribution in [2.45, 2.75) is 58.0 Å². The Morgan fingerprint density at radius 3 is 2.32 bits per heavy atom. The number of carbonyl (C=O) groups excluding carboxylic acids is 2. The molecule has 5 rings (SSSR count). The molecule has 2 unspecified atom stereocenters. The van der Waals surface area contributed by atoms with E-state index in [9.17, 15) is 19.1 Å². The molecule has 3 aromatic rings. The lowest BCUT2D eigenvalue weighted by Gasteiger charge is -2.41. The third-order valence-electron chi connectivity index (χ3n) is 7.87. The van der Waals surface area contributed by atoms with Crippen molar-refractivity contribution in [1.29, 1.82) is 0 Å². The molecule has 7 heteroatoms. The quantitative estimate of drug-likeness (QED) is 0.358. The number of rotatable bonds is 6. The van der Waals surface area contributed by atoms with Crippen LogP contribution in [0.15, 0.2) is 60.7 Å². The van der Waals surface area contributed by atoms with Crippen LogP contribution >= 0.6 is 0 Å². The first kappa shape index (κ1) is 25.8. The number of aromatic hydroxyl groups is 1. The Balaban J connectivity index is 1.48. The summed E-state index contributed by atoms with van der Waals surface area (Å²) in [6.07, 6.45) is 4.75. The van der Waals surface area contributed by atoms with Gasteiger partial charge in [0.1, 0.15) is 11.6 Å². The van der Waals surface area contributed by atoms with Crippen LogP contribution in [0.5, 0.6) is 5.75 Å². The van der Waals surface area contributed by atoms with Crippen LogP contribution in [0, 0.1) is 25.6 Å². The van der Waals surface area contributed by atoms with Gasteiger partial charge in [-0.3, -0.25) is 9.59 Å². The Bertz CT molecular complexity index is 1320. The second-order valence-corrected chi connectivity index (χ2v) is 10.5. The van der Waals surface area contributed by atoms with Crippen LogP contribution in [0.4, 0.5) is 15.8 Å². The van der Waals surface area contributed by atoms with E-state index in [0.29, 0.717) is 42.2 Å². The molecule has 6 nitrogen and oxygen atoms in total. The minimum atomic E-state index is -0.563. The van der Waals surface area contributed by atoms with Crippen LogP contribution in [0.1, 0.15) is 65.2 Å². The lowest BCUT2D eigenvalue weighted by Crippen LogP contribution is -2.46. The zero-order chi connectivity index (χ0) is 26.8. The van der Waals surface area contributed by atoms with E-state index in [0.717, 1.165) is 24.1 Å². The van der Waals surface area contributed by atoms with Crippen LogP contribution in [-0.2, 0) is 4.79 Å². The second kappa shape index (κ2) is 10.9. The number of phenols is 1. The fourth-order valence-electron chi connectivity index (χ4n) is 5.44. The summed E-state index contributed by atoms with van der Waals surface area (Å²) in [6, 6.07) is 17.5. The Morgan fingerprint density at radius 2 is 1.66 bits per heavy atom. The van der Waals surface area contributed by atoms with Gasteiger partial charge in [0.15, 0.2) is 0 Å². The molecule has 0 radical (unpaired) electrons. The molecule has 2 fully saturated rings. The highest BCUT2D eigenvalue weighted by atomic mass is 19.1. The van der Waals surface area contributed by atoms with Gasteiger partial charge in [-0.25, -0.2) is 4.39 Å². The monoisotopic (exact) mass is 515 g/mol. The molecule has 1 saturated heterocycles. The maximum Gasteiger partial charge on any atom is 0.257 e. The van der Waals surface area contributed by atoms with Gasteiger partial charge in [0, 0.05) is 30.0 Å². The Labute approximate surface area is 222 Å². The topological polar surface area (TPSA) is 81.7 Å². The number of hydrogen-bond acceptors (Lipinski definition) is 4. The standard InChI is InChI=1S/C31H34FN3O3/c1-19-11-14-24(18-27(19)36)34-30(37)25-9-5-17-35(31(38)28-20(2)6-3-10-26(28)32)29(25)21-12-15-23(16-13-21)33-22-7-4-8-22/h3,6,10-16,18,22,25,29,33,36H,4-5,7-9,17H2,1-2H3,(H,34,37). The number of phenolic OH excluding ortho intramolecular Hbond substituents is 1. The maximum atomic E-state index is 14.9. The van der Waals surface area contributed by atoms with Gasteiger partial charge in [0.05, 0.1) is 17.5 Å². The smallest absolute Gasteiger partial charge is 0.257 e. The van der Waals surface area contributed by atoms with Crippen molar-refractivity contribution in [3.8, 4) is 5.75 Å². The zero-order valence-corrected chi connectivity index (χ0v) is 21.8. The number of hydrogen-bond donors (Lipinski definition) is 3. The molecular weight excluding hydrogens is 481 g/mol. The molecule has 38 heavy (non-hydrogen) atoms. The second-order valence-electron chi connectivity index (χ2n) is 10.5. The fourth-order valence-corrected chi connectivity index (χ4v) is 5.44. The van der Waals surface area contributed by atoms with Crippen molar-refractivity contribution in [3.05, 3.63) is 88.7 Å². The van der Waals surface area contributed by atoms with Crippen molar-refractivity contribution < 1.29 is 19.1 Å². The summed E-state index contributed by atoms with van der Waals surface area (Å²) in [5.41, 5.74) is 3.66. The average molecular weight is 516 g/mol. The molecule has 2 amide bonds. The first-order valence-corrected chi connectivity index (χ1v) is 13.3. The highest BCUT2D eigenvalue weighted by Crippen LogP contribution is 2.39. The Kier molecular flexibility index (Phi) is 7.36. The molecule has 1 saturated carbocycles. The molecule has 1 aliphatic carbocycles. The van der Waals surface area contributed by atoms with Crippen molar-refractivity contribution in [2.75, 3.05) is 17.2 Å². The van der Waals surface area contributed by atoms with Gasteiger partial charge >= 0.3 is 0 Å². The largest absolute Gasteiger partial charge is 0.508 e. The number of likely N-dealkylation sites (tertiary alicyclic amines) is 1. The van der Waals surface area contributed by atoms with Gasteiger partial charge < -0.3 is 20.6 Å². The first-order chi connectivity index (χ1) is 18.3. The van der Waals surface area contributed by atoms with E-state index in [1.807, 2.05) is 24.3 Å². The predicted octanol–water partition coefficient (Wildman–Crippen LogP) is 6.34. The number of piperidine rings is 1. The molecule has 2 atom stereocenters. The number of carbonyl (C=O) groups is 2. The summed E-state index contributed by atoms with van der Waals surface area (Å²) in [5.74, 6) is -1.65. The van der Waals surface area contributed by atoms with Gasteiger partial charge in [-0.15, -0.1) is 0 Å². The number of nitrogens with zero attached hydrogens (tertiary/aromatic N) is 1. The van der Waals surface area contributed by atoms with Crippen molar-refractivity contribution in [1.82, 2.24) is 4.90 Å². The molecule has 198 valence electrons. The van der Waals surface area contributed by atoms with E-state index in [4.69, 9.17) is 0 Å². The van der Waals surface area contributed by atoms with E-state index in [1.54, 1.807) is 43.0 Å². The molecule has 3 N–H and O–H groups in total. The van der Waals surface area contributed by atoms with Crippen molar-refractivity contribution >= 4 is 23.2 Å². The highest BCUT2D eigenvalue weighted by Gasteiger charge is 2.40. The zero-order valence-electron chi connectivity index (χ0n) is 21.8. The van der Waals surface area contributed by atoms with E-state index in [2.05, 4.69) is 10.6 Å². The lowest BCUT2D eigenvalue weighted by molar-refractivity contribution is -0.123. The number of benzene rings is 3. The SMILES string of the molecule is Cc1ccc(NC(=O)C2CCCN(C(=O)c3c(C)cccc3F)C2c2ccc(NC3CCC3)cc2)cc1O. The third-order valence-corrected chi connectivity index (χ3v) is 7.87. The van der Waals surface area contributed by atoms with Gasteiger partial charge in [-0.05, 0) is 86.9 Å². The minimum absolute atomic E-state index is 0.0466. The molecule has 2 aliphatic rings. The van der Waals surface area contributed by atoms with Crippen molar-refractivity contribution in [2.24, 2.45) is 5.92 Å². The number of nitrogens with one attached hydrogen (secondary N) is 2. The van der Waals surface area contributed by atoms with E-state index in [1.165, 1.54) is 18.6 Å². The van der Waals surface area contributed by atoms with Crippen molar-refractivity contribution in [3.63, 3.8) is 0 Å². The van der Waals surface area contributed by atoms with Crippen LogP contribution in [-0.4, -0.2) is 34.4 Å². The minimum Gasteiger partial charge on any atom is -0.508 e. The summed E-state index contributed by atoms with van der Waals surface area (Å²) in [7, 11) is 0. The van der Waals surface area contributed by atoms with Crippen LogP contribution in [0.25, 0.3) is 0 Å².